The third-order valence-corrected chi connectivity index (χ3v) is 3.76. The standard InChI is InChI=1S/C15H17NO2/c1-18-15(17)14-11-7-4-5-8-12(11)16-10-6-2-3-9-13(14)16/h4-5,7-8H,2-3,6,9-10H2,1H3. The number of hydrogen-bond donors (Lipinski definition) is 0. The molecule has 0 saturated carbocycles. The van der Waals surface area contributed by atoms with Crippen molar-refractivity contribution >= 4 is 16.9 Å². The maximum Gasteiger partial charge on any atom is 0.340 e. The van der Waals surface area contributed by atoms with Crippen molar-refractivity contribution in [3.63, 3.8) is 0 Å². The minimum absolute atomic E-state index is 0.207. The van der Waals surface area contributed by atoms with Crippen LogP contribution in [0.2, 0.25) is 0 Å². The number of nitrogens with zero attached hydrogens (tertiary/aromatic N) is 1. The van der Waals surface area contributed by atoms with Gasteiger partial charge in [-0.15, -0.1) is 0 Å². The van der Waals surface area contributed by atoms with Crippen LogP contribution in [-0.2, 0) is 17.7 Å². The third kappa shape index (κ3) is 1.62. The van der Waals surface area contributed by atoms with Gasteiger partial charge in [0, 0.05) is 23.1 Å². The van der Waals surface area contributed by atoms with Crippen molar-refractivity contribution < 1.29 is 9.53 Å². The molecule has 0 bridgehead atoms. The van der Waals surface area contributed by atoms with E-state index in [9.17, 15) is 4.79 Å². The Hall–Kier alpha value is -1.77. The number of methoxy groups -OCH3 is 1. The molecular weight excluding hydrogens is 226 g/mol. The first-order valence-corrected chi connectivity index (χ1v) is 6.51. The third-order valence-electron chi connectivity index (χ3n) is 3.76. The molecule has 0 N–H and O–H groups in total. The molecule has 0 fully saturated rings. The Morgan fingerprint density at radius 2 is 2.06 bits per heavy atom. The van der Waals surface area contributed by atoms with Crippen molar-refractivity contribution in [2.75, 3.05) is 7.11 Å². The summed E-state index contributed by atoms with van der Waals surface area (Å²) >= 11 is 0. The van der Waals surface area contributed by atoms with Gasteiger partial charge in [0.15, 0.2) is 0 Å². The van der Waals surface area contributed by atoms with E-state index >= 15 is 0 Å². The molecule has 3 nitrogen and oxygen atoms in total. The van der Waals surface area contributed by atoms with Crippen LogP contribution in [0.15, 0.2) is 24.3 Å². The van der Waals surface area contributed by atoms with Crippen LogP contribution >= 0.6 is 0 Å². The summed E-state index contributed by atoms with van der Waals surface area (Å²) in [5, 5.41) is 1.03. The van der Waals surface area contributed by atoms with Crippen LogP contribution < -0.4 is 0 Å². The predicted molar refractivity (Wildman–Crippen MR) is 70.8 cm³/mol. The zero-order valence-electron chi connectivity index (χ0n) is 10.6. The average molecular weight is 243 g/mol. The Labute approximate surface area is 106 Å². The summed E-state index contributed by atoms with van der Waals surface area (Å²) in [5.74, 6) is -0.207. The van der Waals surface area contributed by atoms with Crippen LogP contribution in [0.1, 0.15) is 35.3 Å². The Balaban J connectivity index is 2.31. The summed E-state index contributed by atoms with van der Waals surface area (Å²) in [6.07, 6.45) is 4.54. The summed E-state index contributed by atoms with van der Waals surface area (Å²) in [4.78, 5) is 12.0. The largest absolute Gasteiger partial charge is 0.465 e. The fourth-order valence-electron chi connectivity index (χ4n) is 2.94. The van der Waals surface area contributed by atoms with E-state index in [0.717, 1.165) is 41.5 Å². The molecule has 0 unspecified atom stereocenters. The minimum Gasteiger partial charge on any atom is -0.465 e. The molecule has 0 radical (unpaired) electrons. The second-order valence-corrected chi connectivity index (χ2v) is 4.79. The predicted octanol–water partition coefficient (Wildman–Crippen LogP) is 3.15. The zero-order valence-corrected chi connectivity index (χ0v) is 10.6. The highest BCUT2D eigenvalue weighted by Crippen LogP contribution is 2.30. The molecule has 18 heavy (non-hydrogen) atoms. The topological polar surface area (TPSA) is 31.2 Å². The lowest BCUT2D eigenvalue weighted by atomic mass is 10.1. The van der Waals surface area contributed by atoms with Crippen molar-refractivity contribution in [2.24, 2.45) is 0 Å². The van der Waals surface area contributed by atoms with Crippen LogP contribution in [0.3, 0.4) is 0 Å². The quantitative estimate of drug-likeness (QED) is 0.720. The fourth-order valence-corrected chi connectivity index (χ4v) is 2.94. The smallest absolute Gasteiger partial charge is 0.340 e. The first-order valence-electron chi connectivity index (χ1n) is 6.51. The molecule has 2 heterocycles. The lowest BCUT2D eigenvalue weighted by Gasteiger charge is -2.06. The van der Waals surface area contributed by atoms with Crippen molar-refractivity contribution in [2.45, 2.75) is 32.2 Å². The lowest BCUT2D eigenvalue weighted by molar-refractivity contribution is 0.0601. The van der Waals surface area contributed by atoms with E-state index in [1.165, 1.54) is 20.0 Å². The second kappa shape index (κ2) is 4.48. The number of fused-ring (bicyclic) bond motifs is 3. The van der Waals surface area contributed by atoms with Crippen molar-refractivity contribution in [1.82, 2.24) is 4.57 Å². The first-order chi connectivity index (χ1) is 8.83. The summed E-state index contributed by atoms with van der Waals surface area (Å²) in [7, 11) is 1.46. The highest BCUT2D eigenvalue weighted by atomic mass is 16.5. The van der Waals surface area contributed by atoms with E-state index in [1.807, 2.05) is 18.2 Å². The number of para-hydroxylation sites is 1. The van der Waals surface area contributed by atoms with E-state index in [0.29, 0.717) is 0 Å². The molecular formula is C15H17NO2. The van der Waals surface area contributed by atoms with Crippen molar-refractivity contribution in [3.05, 3.63) is 35.5 Å². The number of rotatable bonds is 1. The molecule has 2 aromatic rings. The number of esters is 1. The van der Waals surface area contributed by atoms with Gasteiger partial charge >= 0.3 is 5.97 Å². The minimum atomic E-state index is -0.207. The van der Waals surface area contributed by atoms with Gasteiger partial charge in [-0.2, -0.15) is 0 Å². The number of carbonyl (C=O) groups excluding carboxylic acids is 1. The molecule has 1 aromatic heterocycles. The normalized spacial score (nSPS) is 15.2. The van der Waals surface area contributed by atoms with E-state index in [1.54, 1.807) is 0 Å². The van der Waals surface area contributed by atoms with Gasteiger partial charge in [-0.25, -0.2) is 4.79 Å². The van der Waals surface area contributed by atoms with Crippen LogP contribution in [0.5, 0.6) is 0 Å². The maximum atomic E-state index is 12.0. The second-order valence-electron chi connectivity index (χ2n) is 4.79. The van der Waals surface area contributed by atoms with E-state index < -0.39 is 0 Å². The van der Waals surface area contributed by atoms with Crippen molar-refractivity contribution in [3.8, 4) is 0 Å². The zero-order chi connectivity index (χ0) is 12.5. The number of ether oxygens (including phenoxy) is 1. The number of aromatic nitrogens is 1. The molecule has 94 valence electrons. The van der Waals surface area contributed by atoms with Crippen LogP contribution in [-0.4, -0.2) is 17.6 Å². The molecule has 0 aliphatic carbocycles. The van der Waals surface area contributed by atoms with E-state index in [4.69, 9.17) is 4.74 Å². The van der Waals surface area contributed by atoms with E-state index in [-0.39, 0.29) is 5.97 Å². The Bertz CT molecular complexity index is 598. The summed E-state index contributed by atoms with van der Waals surface area (Å²) < 4.78 is 7.26. The van der Waals surface area contributed by atoms with Gasteiger partial charge in [0.2, 0.25) is 0 Å². The fraction of sp³-hybridized carbons (Fsp3) is 0.400. The molecule has 3 rings (SSSR count). The van der Waals surface area contributed by atoms with Gasteiger partial charge in [-0.05, 0) is 25.3 Å². The van der Waals surface area contributed by atoms with Gasteiger partial charge in [0.05, 0.1) is 12.7 Å². The van der Waals surface area contributed by atoms with Crippen LogP contribution in [0.25, 0.3) is 10.9 Å². The number of benzene rings is 1. The highest BCUT2D eigenvalue weighted by molar-refractivity contribution is 6.06. The summed E-state index contributed by atoms with van der Waals surface area (Å²) in [6.45, 7) is 1.01. The molecule has 0 spiro atoms. The van der Waals surface area contributed by atoms with Gasteiger partial charge in [0.25, 0.3) is 0 Å². The maximum absolute atomic E-state index is 12.0. The van der Waals surface area contributed by atoms with Gasteiger partial charge < -0.3 is 9.30 Å². The number of aryl methyl sites for hydroxylation is 1. The lowest BCUT2D eigenvalue weighted by Crippen LogP contribution is -2.07. The van der Waals surface area contributed by atoms with Crippen LogP contribution in [0.4, 0.5) is 0 Å². The number of carbonyl (C=O) groups is 1. The summed E-state index contributed by atoms with van der Waals surface area (Å²) in [6, 6.07) is 8.12. The van der Waals surface area contributed by atoms with Crippen molar-refractivity contribution in [1.29, 1.82) is 0 Å². The summed E-state index contributed by atoms with van der Waals surface area (Å²) in [5.41, 5.74) is 3.09. The molecule has 0 atom stereocenters. The molecule has 0 amide bonds. The Morgan fingerprint density at radius 1 is 1.22 bits per heavy atom. The highest BCUT2D eigenvalue weighted by Gasteiger charge is 2.23. The SMILES string of the molecule is COC(=O)c1c2n(c3ccccc13)CCCCC2. The monoisotopic (exact) mass is 243 g/mol. The van der Waals surface area contributed by atoms with E-state index in [2.05, 4.69) is 10.6 Å². The Morgan fingerprint density at radius 3 is 2.89 bits per heavy atom. The number of hydrogen-bond acceptors (Lipinski definition) is 2. The molecule has 3 heteroatoms. The van der Waals surface area contributed by atoms with Gasteiger partial charge in [-0.1, -0.05) is 24.6 Å². The molecule has 1 aliphatic rings. The average Bonchev–Trinajstić information content (AvgIpc) is 2.57. The first kappa shape index (κ1) is 11.3. The Kier molecular flexibility index (Phi) is 2.82. The van der Waals surface area contributed by atoms with Gasteiger partial charge in [0.1, 0.15) is 0 Å². The van der Waals surface area contributed by atoms with Crippen LogP contribution in [0, 0.1) is 0 Å². The van der Waals surface area contributed by atoms with Gasteiger partial charge in [-0.3, -0.25) is 0 Å². The molecule has 1 aliphatic heterocycles. The molecule has 0 saturated heterocycles. The molecule has 1 aromatic carbocycles.